The van der Waals surface area contributed by atoms with Crippen molar-refractivity contribution in [2.45, 2.75) is 6.18 Å². The second-order valence-corrected chi connectivity index (χ2v) is 2.93. The van der Waals surface area contributed by atoms with Gasteiger partial charge in [-0.05, 0) is 12.1 Å². The van der Waals surface area contributed by atoms with Crippen LogP contribution in [0.5, 0.6) is 0 Å². The molecule has 1 rings (SSSR count). The van der Waals surface area contributed by atoms with E-state index < -0.39 is 22.3 Å². The van der Waals surface area contributed by atoms with Crippen LogP contribution in [0.4, 0.5) is 18.9 Å². The number of hydrogen-bond donors (Lipinski definition) is 1. The molecule has 1 aromatic carbocycles. The van der Waals surface area contributed by atoms with Gasteiger partial charge in [0.1, 0.15) is 0 Å². The first-order chi connectivity index (χ1) is 6.38. The van der Waals surface area contributed by atoms with Gasteiger partial charge in [0.15, 0.2) is 6.29 Å². The number of nitrogen functional groups attached to an aromatic ring is 1. The van der Waals surface area contributed by atoms with Crippen molar-refractivity contribution >= 4 is 23.6 Å². The zero-order valence-corrected chi connectivity index (χ0v) is 7.49. The Morgan fingerprint density at radius 2 is 1.93 bits per heavy atom. The number of rotatable bonds is 1. The molecule has 0 spiro atoms. The van der Waals surface area contributed by atoms with Crippen LogP contribution in [0.25, 0.3) is 0 Å². The molecule has 0 amide bonds. The Morgan fingerprint density at radius 3 is 2.36 bits per heavy atom. The lowest BCUT2D eigenvalue weighted by atomic mass is 10.1. The Balaban J connectivity index is 3.51. The molecule has 0 radical (unpaired) electrons. The predicted octanol–water partition coefficient (Wildman–Crippen LogP) is 2.75. The van der Waals surface area contributed by atoms with E-state index in [9.17, 15) is 18.0 Å². The number of nitrogens with two attached hydrogens (primary N) is 1. The Kier molecular flexibility index (Phi) is 2.71. The maximum atomic E-state index is 12.4. The molecular formula is C8H5ClF3NO. The number of benzene rings is 1. The van der Waals surface area contributed by atoms with E-state index in [0.29, 0.717) is 0 Å². The zero-order chi connectivity index (χ0) is 10.9. The number of carbonyl (C=O) groups is 1. The van der Waals surface area contributed by atoms with Gasteiger partial charge in [-0.1, -0.05) is 11.6 Å². The molecule has 0 aliphatic carbocycles. The van der Waals surface area contributed by atoms with Crippen LogP contribution in [0.15, 0.2) is 12.1 Å². The van der Waals surface area contributed by atoms with Crippen molar-refractivity contribution in [1.82, 2.24) is 0 Å². The smallest absolute Gasteiger partial charge is 0.398 e. The minimum absolute atomic E-state index is 0.0914. The average molecular weight is 224 g/mol. The summed E-state index contributed by atoms with van der Waals surface area (Å²) in [6.45, 7) is 0. The minimum Gasteiger partial charge on any atom is -0.398 e. The lowest BCUT2D eigenvalue weighted by Gasteiger charge is -2.12. The summed E-state index contributed by atoms with van der Waals surface area (Å²) in [4.78, 5) is 10.3. The van der Waals surface area contributed by atoms with E-state index in [1.807, 2.05) is 0 Å². The summed E-state index contributed by atoms with van der Waals surface area (Å²) in [5.41, 5.74) is 3.29. The highest BCUT2D eigenvalue weighted by molar-refractivity contribution is 6.34. The van der Waals surface area contributed by atoms with Crippen LogP contribution < -0.4 is 5.73 Å². The topological polar surface area (TPSA) is 43.1 Å². The molecule has 0 aliphatic rings. The third-order valence-electron chi connectivity index (χ3n) is 1.61. The third-order valence-corrected chi connectivity index (χ3v) is 2.02. The lowest BCUT2D eigenvalue weighted by molar-refractivity contribution is -0.137. The number of halogens is 4. The largest absolute Gasteiger partial charge is 0.418 e. The SMILES string of the molecule is Nc1ccc(C=O)c(C(F)(F)F)c1Cl. The zero-order valence-electron chi connectivity index (χ0n) is 6.73. The van der Waals surface area contributed by atoms with Crippen molar-refractivity contribution < 1.29 is 18.0 Å². The number of carbonyl (C=O) groups excluding carboxylic acids is 1. The quantitative estimate of drug-likeness (QED) is 0.588. The summed E-state index contributed by atoms with van der Waals surface area (Å²) in [6.07, 6.45) is -4.59. The van der Waals surface area contributed by atoms with Gasteiger partial charge in [-0.3, -0.25) is 4.79 Å². The van der Waals surface area contributed by atoms with Crippen LogP contribution >= 0.6 is 11.6 Å². The van der Waals surface area contributed by atoms with Crippen LogP contribution in [-0.4, -0.2) is 6.29 Å². The fourth-order valence-electron chi connectivity index (χ4n) is 0.993. The molecule has 0 aromatic heterocycles. The Labute approximate surface area is 82.5 Å². The maximum absolute atomic E-state index is 12.4. The van der Waals surface area contributed by atoms with E-state index in [4.69, 9.17) is 17.3 Å². The normalized spacial score (nSPS) is 11.4. The highest BCUT2D eigenvalue weighted by atomic mass is 35.5. The maximum Gasteiger partial charge on any atom is 0.418 e. The lowest BCUT2D eigenvalue weighted by Crippen LogP contribution is -2.11. The molecule has 1 aromatic rings. The van der Waals surface area contributed by atoms with E-state index in [1.165, 1.54) is 0 Å². The third kappa shape index (κ3) is 1.82. The van der Waals surface area contributed by atoms with Crippen molar-refractivity contribution in [2.24, 2.45) is 0 Å². The van der Waals surface area contributed by atoms with E-state index in [2.05, 4.69) is 0 Å². The van der Waals surface area contributed by atoms with Crippen molar-refractivity contribution in [1.29, 1.82) is 0 Å². The van der Waals surface area contributed by atoms with Gasteiger partial charge in [0.2, 0.25) is 0 Å². The van der Waals surface area contributed by atoms with Crippen molar-refractivity contribution in [2.75, 3.05) is 5.73 Å². The molecule has 0 atom stereocenters. The first kappa shape index (κ1) is 10.8. The van der Waals surface area contributed by atoms with Gasteiger partial charge in [-0.25, -0.2) is 0 Å². The van der Waals surface area contributed by atoms with Crippen LogP contribution in [0.3, 0.4) is 0 Å². The molecule has 0 aliphatic heterocycles. The van der Waals surface area contributed by atoms with Crippen LogP contribution in [-0.2, 0) is 6.18 Å². The minimum atomic E-state index is -4.68. The average Bonchev–Trinajstić information content (AvgIpc) is 2.07. The summed E-state index contributed by atoms with van der Waals surface area (Å²) in [7, 11) is 0. The summed E-state index contributed by atoms with van der Waals surface area (Å²) in [5, 5.41) is -0.637. The molecule has 0 saturated heterocycles. The fraction of sp³-hybridized carbons (Fsp3) is 0.125. The molecule has 0 saturated carbocycles. The highest BCUT2D eigenvalue weighted by Gasteiger charge is 2.36. The van der Waals surface area contributed by atoms with E-state index in [1.54, 1.807) is 0 Å². The molecule has 0 fully saturated rings. The van der Waals surface area contributed by atoms with Crippen LogP contribution in [0.1, 0.15) is 15.9 Å². The predicted molar refractivity (Wildman–Crippen MR) is 46.3 cm³/mol. The van der Waals surface area contributed by atoms with Gasteiger partial charge in [-0.2, -0.15) is 13.2 Å². The van der Waals surface area contributed by atoms with E-state index in [-0.39, 0.29) is 12.0 Å². The molecular weight excluding hydrogens is 219 g/mol. The first-order valence-corrected chi connectivity index (χ1v) is 3.86. The standard InChI is InChI=1S/C8H5ClF3NO/c9-7-5(13)2-1-4(3-14)6(7)8(10,11)12/h1-3H,13H2. The Bertz CT molecular complexity index is 376. The van der Waals surface area contributed by atoms with Crippen molar-refractivity contribution in [3.63, 3.8) is 0 Å². The van der Waals surface area contributed by atoms with Crippen LogP contribution in [0.2, 0.25) is 5.02 Å². The summed E-state index contributed by atoms with van der Waals surface area (Å²) >= 11 is 5.36. The van der Waals surface area contributed by atoms with Crippen molar-refractivity contribution in [3.8, 4) is 0 Å². The molecule has 0 bridgehead atoms. The molecule has 2 nitrogen and oxygen atoms in total. The van der Waals surface area contributed by atoms with Gasteiger partial charge in [0.25, 0.3) is 0 Å². The summed E-state index contributed by atoms with van der Waals surface area (Å²) < 4.78 is 37.1. The summed E-state index contributed by atoms with van der Waals surface area (Å²) in [5.74, 6) is 0. The second-order valence-electron chi connectivity index (χ2n) is 2.55. The van der Waals surface area contributed by atoms with Gasteiger partial charge in [0.05, 0.1) is 16.3 Å². The van der Waals surface area contributed by atoms with E-state index in [0.717, 1.165) is 12.1 Å². The molecule has 76 valence electrons. The number of hydrogen-bond acceptors (Lipinski definition) is 2. The Morgan fingerprint density at radius 1 is 1.36 bits per heavy atom. The van der Waals surface area contributed by atoms with Gasteiger partial charge < -0.3 is 5.73 Å². The second kappa shape index (κ2) is 3.49. The van der Waals surface area contributed by atoms with Crippen LogP contribution in [0, 0.1) is 0 Å². The number of anilines is 1. The molecule has 14 heavy (non-hydrogen) atoms. The fourth-order valence-corrected chi connectivity index (χ4v) is 1.27. The van der Waals surface area contributed by atoms with Gasteiger partial charge in [0, 0.05) is 5.56 Å². The van der Waals surface area contributed by atoms with Gasteiger partial charge in [-0.15, -0.1) is 0 Å². The summed E-state index contributed by atoms with van der Waals surface area (Å²) in [6, 6.07) is 2.14. The van der Waals surface area contributed by atoms with Gasteiger partial charge >= 0.3 is 6.18 Å². The first-order valence-electron chi connectivity index (χ1n) is 3.48. The highest BCUT2D eigenvalue weighted by Crippen LogP contribution is 2.39. The molecule has 2 N–H and O–H groups in total. The number of alkyl halides is 3. The molecule has 6 heteroatoms. The van der Waals surface area contributed by atoms with Crippen molar-refractivity contribution in [3.05, 3.63) is 28.3 Å². The Hall–Kier alpha value is -1.23. The molecule has 0 heterocycles. The number of aldehydes is 1. The molecule has 0 unspecified atom stereocenters. The van der Waals surface area contributed by atoms with E-state index >= 15 is 0 Å². The monoisotopic (exact) mass is 223 g/mol.